The molecule has 1 saturated carbocycles. The Kier molecular flexibility index (Phi) is 4.76. The average molecular weight is 268 g/mol. The van der Waals surface area contributed by atoms with Gasteiger partial charge in [-0.05, 0) is 44.9 Å². The second-order valence-corrected chi connectivity index (χ2v) is 6.63. The standard InChI is InChI=1S/C14H24N2OS/c1-11-3-6-14(17,7-4-11)9-15-8-5-13-12(2)16-10-18-13/h10-11,15,17H,3-9H2,1-2H3. The van der Waals surface area contributed by atoms with Crippen molar-refractivity contribution in [2.45, 2.75) is 51.6 Å². The van der Waals surface area contributed by atoms with Crippen molar-refractivity contribution in [1.82, 2.24) is 10.3 Å². The van der Waals surface area contributed by atoms with Crippen LogP contribution in [0.3, 0.4) is 0 Å². The molecule has 2 N–H and O–H groups in total. The lowest BCUT2D eigenvalue weighted by Crippen LogP contribution is -2.43. The molecule has 0 atom stereocenters. The molecule has 0 saturated heterocycles. The van der Waals surface area contributed by atoms with Crippen LogP contribution in [-0.2, 0) is 6.42 Å². The van der Waals surface area contributed by atoms with Crippen LogP contribution in [0.4, 0.5) is 0 Å². The fourth-order valence-electron chi connectivity index (χ4n) is 2.57. The molecule has 3 nitrogen and oxygen atoms in total. The van der Waals surface area contributed by atoms with Crippen molar-refractivity contribution in [3.63, 3.8) is 0 Å². The van der Waals surface area contributed by atoms with Gasteiger partial charge >= 0.3 is 0 Å². The normalized spacial score (nSPS) is 28.5. The number of thiazole rings is 1. The number of rotatable bonds is 5. The average Bonchev–Trinajstić information content (AvgIpc) is 2.75. The molecule has 4 heteroatoms. The zero-order chi connectivity index (χ0) is 13.0. The van der Waals surface area contributed by atoms with Gasteiger partial charge in [0.1, 0.15) is 0 Å². The lowest BCUT2D eigenvalue weighted by molar-refractivity contribution is -0.00582. The van der Waals surface area contributed by atoms with Gasteiger partial charge in [-0.15, -0.1) is 11.3 Å². The van der Waals surface area contributed by atoms with E-state index in [0.29, 0.717) is 0 Å². The molecule has 1 aromatic rings. The first-order chi connectivity index (χ1) is 8.59. The van der Waals surface area contributed by atoms with Gasteiger partial charge in [0.25, 0.3) is 0 Å². The Labute approximate surface area is 114 Å². The first kappa shape index (κ1) is 14.0. The minimum atomic E-state index is -0.463. The highest BCUT2D eigenvalue weighted by Crippen LogP contribution is 2.31. The Morgan fingerprint density at radius 1 is 1.50 bits per heavy atom. The van der Waals surface area contributed by atoms with Gasteiger partial charge in [-0.3, -0.25) is 0 Å². The molecule has 1 aromatic heterocycles. The number of nitrogens with one attached hydrogen (secondary N) is 1. The van der Waals surface area contributed by atoms with Crippen LogP contribution in [0.25, 0.3) is 0 Å². The maximum Gasteiger partial charge on any atom is 0.0797 e. The highest BCUT2D eigenvalue weighted by molar-refractivity contribution is 7.09. The first-order valence-corrected chi connectivity index (χ1v) is 7.79. The Balaban J connectivity index is 1.67. The van der Waals surface area contributed by atoms with E-state index in [1.807, 2.05) is 5.51 Å². The van der Waals surface area contributed by atoms with E-state index >= 15 is 0 Å². The molecule has 1 fully saturated rings. The predicted octanol–water partition coefficient (Wildman–Crippen LogP) is 2.52. The molecule has 18 heavy (non-hydrogen) atoms. The van der Waals surface area contributed by atoms with Crippen molar-refractivity contribution in [2.75, 3.05) is 13.1 Å². The zero-order valence-electron chi connectivity index (χ0n) is 11.4. The maximum atomic E-state index is 10.4. The topological polar surface area (TPSA) is 45.2 Å². The van der Waals surface area contributed by atoms with E-state index in [2.05, 4.69) is 24.1 Å². The van der Waals surface area contributed by atoms with Crippen LogP contribution in [0, 0.1) is 12.8 Å². The summed E-state index contributed by atoms with van der Waals surface area (Å²) in [6.45, 7) is 6.00. The predicted molar refractivity (Wildman–Crippen MR) is 76.0 cm³/mol. The molecule has 0 amide bonds. The van der Waals surface area contributed by atoms with E-state index in [-0.39, 0.29) is 0 Å². The second kappa shape index (κ2) is 6.13. The third-order valence-electron chi connectivity index (χ3n) is 4.03. The third kappa shape index (κ3) is 3.77. The van der Waals surface area contributed by atoms with Gasteiger partial charge in [-0.1, -0.05) is 6.92 Å². The molecular weight excluding hydrogens is 244 g/mol. The third-order valence-corrected chi connectivity index (χ3v) is 5.03. The molecule has 0 bridgehead atoms. The van der Waals surface area contributed by atoms with E-state index in [1.54, 1.807) is 11.3 Å². The van der Waals surface area contributed by atoms with Gasteiger partial charge in [0, 0.05) is 18.0 Å². The molecule has 0 spiro atoms. The van der Waals surface area contributed by atoms with Crippen molar-refractivity contribution in [2.24, 2.45) is 5.92 Å². The summed E-state index contributed by atoms with van der Waals surface area (Å²) in [6, 6.07) is 0. The molecule has 1 aliphatic rings. The Morgan fingerprint density at radius 2 is 2.22 bits per heavy atom. The van der Waals surface area contributed by atoms with E-state index < -0.39 is 5.60 Å². The zero-order valence-corrected chi connectivity index (χ0v) is 12.2. The van der Waals surface area contributed by atoms with Crippen LogP contribution in [0.5, 0.6) is 0 Å². The van der Waals surface area contributed by atoms with Crippen LogP contribution in [0.15, 0.2) is 5.51 Å². The van der Waals surface area contributed by atoms with Crippen LogP contribution >= 0.6 is 11.3 Å². The number of aryl methyl sites for hydroxylation is 1. The molecule has 0 radical (unpaired) electrons. The molecular formula is C14H24N2OS. The van der Waals surface area contributed by atoms with Gasteiger partial charge in [-0.25, -0.2) is 4.98 Å². The van der Waals surface area contributed by atoms with Crippen LogP contribution < -0.4 is 5.32 Å². The summed E-state index contributed by atoms with van der Waals surface area (Å²) in [6.07, 6.45) is 5.22. The SMILES string of the molecule is Cc1ncsc1CCNCC1(O)CCC(C)CC1. The van der Waals surface area contributed by atoms with Gasteiger partial charge in [0.05, 0.1) is 16.8 Å². The number of hydrogen-bond donors (Lipinski definition) is 2. The molecule has 1 heterocycles. The Bertz CT molecular complexity index is 370. The van der Waals surface area contributed by atoms with Gasteiger partial charge in [0.2, 0.25) is 0 Å². The molecule has 1 aliphatic carbocycles. The summed E-state index contributed by atoms with van der Waals surface area (Å²) < 4.78 is 0. The summed E-state index contributed by atoms with van der Waals surface area (Å²) in [5.74, 6) is 0.783. The highest BCUT2D eigenvalue weighted by atomic mass is 32.1. The van der Waals surface area contributed by atoms with Crippen LogP contribution in [0.1, 0.15) is 43.2 Å². The smallest absolute Gasteiger partial charge is 0.0797 e. The fourth-order valence-corrected chi connectivity index (χ4v) is 3.35. The minimum absolute atomic E-state index is 0.463. The van der Waals surface area contributed by atoms with Crippen LogP contribution in [-0.4, -0.2) is 28.8 Å². The molecule has 0 aliphatic heterocycles. The van der Waals surface area contributed by atoms with Crippen molar-refractivity contribution < 1.29 is 5.11 Å². The Morgan fingerprint density at radius 3 is 2.83 bits per heavy atom. The Hall–Kier alpha value is -0.450. The molecule has 2 rings (SSSR count). The lowest BCUT2D eigenvalue weighted by atomic mass is 9.79. The quantitative estimate of drug-likeness (QED) is 0.807. The number of nitrogens with zero attached hydrogens (tertiary/aromatic N) is 1. The first-order valence-electron chi connectivity index (χ1n) is 6.91. The van der Waals surface area contributed by atoms with Crippen molar-refractivity contribution in [3.8, 4) is 0 Å². The minimum Gasteiger partial charge on any atom is -0.389 e. The van der Waals surface area contributed by atoms with Crippen LogP contribution in [0.2, 0.25) is 0 Å². The fraction of sp³-hybridized carbons (Fsp3) is 0.786. The molecule has 102 valence electrons. The highest BCUT2D eigenvalue weighted by Gasteiger charge is 2.31. The van der Waals surface area contributed by atoms with Gasteiger partial charge < -0.3 is 10.4 Å². The van der Waals surface area contributed by atoms with E-state index in [1.165, 1.54) is 4.88 Å². The largest absolute Gasteiger partial charge is 0.389 e. The van der Waals surface area contributed by atoms with E-state index in [4.69, 9.17) is 0 Å². The lowest BCUT2D eigenvalue weighted by Gasteiger charge is -2.35. The molecule has 0 aromatic carbocycles. The summed E-state index contributed by atoms with van der Waals surface area (Å²) >= 11 is 1.72. The van der Waals surface area contributed by atoms with E-state index in [0.717, 1.165) is 56.8 Å². The summed E-state index contributed by atoms with van der Waals surface area (Å²) in [4.78, 5) is 5.60. The van der Waals surface area contributed by atoms with Gasteiger partial charge in [-0.2, -0.15) is 0 Å². The molecule has 0 unspecified atom stereocenters. The van der Waals surface area contributed by atoms with E-state index in [9.17, 15) is 5.11 Å². The maximum absolute atomic E-state index is 10.4. The monoisotopic (exact) mass is 268 g/mol. The number of aliphatic hydroxyl groups is 1. The summed E-state index contributed by atoms with van der Waals surface area (Å²) in [5, 5.41) is 13.8. The van der Waals surface area contributed by atoms with Gasteiger partial charge in [0.15, 0.2) is 0 Å². The summed E-state index contributed by atoms with van der Waals surface area (Å²) in [5.41, 5.74) is 2.59. The second-order valence-electron chi connectivity index (χ2n) is 5.69. The van der Waals surface area contributed by atoms with Crippen molar-refractivity contribution in [1.29, 1.82) is 0 Å². The number of hydrogen-bond acceptors (Lipinski definition) is 4. The summed E-state index contributed by atoms with van der Waals surface area (Å²) in [7, 11) is 0. The van der Waals surface area contributed by atoms with Crippen molar-refractivity contribution in [3.05, 3.63) is 16.1 Å². The van der Waals surface area contributed by atoms with Crippen molar-refractivity contribution >= 4 is 11.3 Å². The number of aromatic nitrogens is 1.